The highest BCUT2D eigenvalue weighted by molar-refractivity contribution is 7.99. The van der Waals surface area contributed by atoms with E-state index in [1.807, 2.05) is 43.3 Å². The van der Waals surface area contributed by atoms with E-state index in [-0.39, 0.29) is 5.91 Å². The SMILES string of the molecule is CCOc1cccc(NC(=O)CSCc2ccc(Cl)c(Cl)c2)c1. The first-order valence-corrected chi connectivity index (χ1v) is 9.04. The standard InChI is InChI=1S/C17H17Cl2NO2S/c1-2-22-14-5-3-4-13(9-14)20-17(21)11-23-10-12-6-7-15(18)16(19)8-12/h3-9H,2,10-11H2,1H3,(H,20,21). The van der Waals surface area contributed by atoms with Gasteiger partial charge in [0.15, 0.2) is 0 Å². The molecule has 0 fully saturated rings. The Morgan fingerprint density at radius 3 is 2.74 bits per heavy atom. The van der Waals surface area contributed by atoms with Gasteiger partial charge in [0.05, 0.1) is 22.4 Å². The summed E-state index contributed by atoms with van der Waals surface area (Å²) in [5.74, 6) is 1.75. The summed E-state index contributed by atoms with van der Waals surface area (Å²) in [6, 6.07) is 12.8. The Morgan fingerprint density at radius 1 is 1.17 bits per heavy atom. The summed E-state index contributed by atoms with van der Waals surface area (Å²) < 4.78 is 5.41. The van der Waals surface area contributed by atoms with E-state index < -0.39 is 0 Å². The maximum atomic E-state index is 12.0. The molecule has 0 saturated heterocycles. The van der Waals surface area contributed by atoms with Crippen LogP contribution in [-0.4, -0.2) is 18.3 Å². The predicted molar refractivity (Wildman–Crippen MR) is 98.9 cm³/mol. The van der Waals surface area contributed by atoms with Crippen LogP contribution in [0, 0.1) is 0 Å². The average molecular weight is 370 g/mol. The van der Waals surface area contributed by atoms with Crippen LogP contribution >= 0.6 is 35.0 Å². The van der Waals surface area contributed by atoms with Gasteiger partial charge in [-0.25, -0.2) is 0 Å². The molecule has 0 aliphatic heterocycles. The minimum Gasteiger partial charge on any atom is -0.494 e. The molecule has 0 bridgehead atoms. The van der Waals surface area contributed by atoms with Crippen molar-refractivity contribution < 1.29 is 9.53 Å². The molecule has 0 saturated carbocycles. The molecule has 2 aromatic rings. The minimum absolute atomic E-state index is 0.0521. The largest absolute Gasteiger partial charge is 0.494 e. The zero-order chi connectivity index (χ0) is 16.7. The van der Waals surface area contributed by atoms with Crippen LogP contribution in [0.4, 0.5) is 5.69 Å². The van der Waals surface area contributed by atoms with Crippen molar-refractivity contribution >= 4 is 46.6 Å². The highest BCUT2D eigenvalue weighted by Crippen LogP contribution is 2.24. The van der Waals surface area contributed by atoms with Gasteiger partial charge in [0.1, 0.15) is 5.75 Å². The van der Waals surface area contributed by atoms with E-state index in [0.29, 0.717) is 28.2 Å². The third-order valence-electron chi connectivity index (χ3n) is 2.91. The first-order valence-electron chi connectivity index (χ1n) is 7.13. The second-order valence-electron chi connectivity index (χ2n) is 4.75. The summed E-state index contributed by atoms with van der Waals surface area (Å²) in [6.07, 6.45) is 0. The van der Waals surface area contributed by atoms with E-state index in [1.54, 1.807) is 6.07 Å². The lowest BCUT2D eigenvalue weighted by molar-refractivity contribution is -0.113. The smallest absolute Gasteiger partial charge is 0.234 e. The molecular formula is C17H17Cl2NO2S. The molecule has 1 N–H and O–H groups in total. The number of carbonyl (C=O) groups excluding carboxylic acids is 1. The number of hydrogen-bond acceptors (Lipinski definition) is 3. The van der Waals surface area contributed by atoms with E-state index in [2.05, 4.69) is 5.32 Å². The molecule has 0 aromatic heterocycles. The van der Waals surface area contributed by atoms with Crippen molar-refractivity contribution in [3.05, 3.63) is 58.1 Å². The molecule has 0 atom stereocenters. The monoisotopic (exact) mass is 369 g/mol. The maximum Gasteiger partial charge on any atom is 0.234 e. The van der Waals surface area contributed by atoms with Crippen LogP contribution in [0.25, 0.3) is 0 Å². The summed E-state index contributed by atoms with van der Waals surface area (Å²) in [7, 11) is 0. The van der Waals surface area contributed by atoms with Crippen molar-refractivity contribution in [3.63, 3.8) is 0 Å². The van der Waals surface area contributed by atoms with Crippen molar-refractivity contribution in [2.45, 2.75) is 12.7 Å². The Morgan fingerprint density at radius 2 is 2.00 bits per heavy atom. The summed E-state index contributed by atoms with van der Waals surface area (Å²) in [5.41, 5.74) is 1.77. The summed E-state index contributed by atoms with van der Waals surface area (Å²) in [5, 5.41) is 3.92. The summed E-state index contributed by atoms with van der Waals surface area (Å²) in [6.45, 7) is 2.52. The van der Waals surface area contributed by atoms with Gasteiger partial charge >= 0.3 is 0 Å². The van der Waals surface area contributed by atoms with Crippen molar-refractivity contribution in [3.8, 4) is 5.75 Å². The lowest BCUT2D eigenvalue weighted by Crippen LogP contribution is -2.14. The molecule has 0 spiro atoms. The topological polar surface area (TPSA) is 38.3 Å². The Kier molecular flexibility index (Phi) is 7.09. The van der Waals surface area contributed by atoms with Crippen LogP contribution in [0.3, 0.4) is 0 Å². The lowest BCUT2D eigenvalue weighted by Gasteiger charge is -2.08. The van der Waals surface area contributed by atoms with Crippen LogP contribution in [0.5, 0.6) is 5.75 Å². The third-order valence-corrected chi connectivity index (χ3v) is 4.66. The zero-order valence-corrected chi connectivity index (χ0v) is 15.0. The first kappa shape index (κ1) is 18.0. The second kappa shape index (κ2) is 9.06. The molecule has 122 valence electrons. The lowest BCUT2D eigenvalue weighted by atomic mass is 10.2. The number of amides is 1. The Bertz CT molecular complexity index is 679. The van der Waals surface area contributed by atoms with Crippen molar-refractivity contribution in [2.75, 3.05) is 17.7 Å². The second-order valence-corrected chi connectivity index (χ2v) is 6.55. The van der Waals surface area contributed by atoms with Crippen LogP contribution in [0.2, 0.25) is 10.0 Å². The van der Waals surface area contributed by atoms with E-state index in [9.17, 15) is 4.79 Å². The van der Waals surface area contributed by atoms with Gasteiger partial charge in [-0.05, 0) is 36.8 Å². The molecule has 1 amide bonds. The van der Waals surface area contributed by atoms with Gasteiger partial charge in [-0.2, -0.15) is 0 Å². The quantitative estimate of drug-likeness (QED) is 0.722. The fraction of sp³-hybridized carbons (Fsp3) is 0.235. The van der Waals surface area contributed by atoms with E-state index in [1.165, 1.54) is 11.8 Å². The highest BCUT2D eigenvalue weighted by Gasteiger charge is 2.05. The van der Waals surface area contributed by atoms with Crippen molar-refractivity contribution in [1.82, 2.24) is 0 Å². The molecule has 2 rings (SSSR count). The number of anilines is 1. The molecule has 3 nitrogen and oxygen atoms in total. The van der Waals surface area contributed by atoms with E-state index >= 15 is 0 Å². The van der Waals surface area contributed by atoms with Gasteiger partial charge < -0.3 is 10.1 Å². The van der Waals surface area contributed by atoms with Crippen LogP contribution in [-0.2, 0) is 10.5 Å². The number of thioether (sulfide) groups is 1. The van der Waals surface area contributed by atoms with Crippen LogP contribution in [0.1, 0.15) is 12.5 Å². The molecule has 0 aliphatic carbocycles. The molecule has 0 heterocycles. The van der Waals surface area contributed by atoms with Gasteiger partial charge in [0, 0.05) is 17.5 Å². The number of carbonyl (C=O) groups is 1. The van der Waals surface area contributed by atoms with E-state index in [4.69, 9.17) is 27.9 Å². The number of nitrogens with one attached hydrogen (secondary N) is 1. The highest BCUT2D eigenvalue weighted by atomic mass is 35.5. The van der Waals surface area contributed by atoms with Gasteiger partial charge in [-0.3, -0.25) is 4.79 Å². The Hall–Kier alpha value is -1.36. The Balaban J connectivity index is 1.80. The molecule has 2 aromatic carbocycles. The van der Waals surface area contributed by atoms with Gasteiger partial charge in [-0.1, -0.05) is 35.3 Å². The van der Waals surface area contributed by atoms with Gasteiger partial charge in [0.25, 0.3) is 0 Å². The molecule has 6 heteroatoms. The van der Waals surface area contributed by atoms with Crippen molar-refractivity contribution in [1.29, 1.82) is 0 Å². The van der Waals surface area contributed by atoms with Gasteiger partial charge in [0.2, 0.25) is 5.91 Å². The van der Waals surface area contributed by atoms with Crippen LogP contribution in [0.15, 0.2) is 42.5 Å². The zero-order valence-electron chi connectivity index (χ0n) is 12.6. The van der Waals surface area contributed by atoms with Gasteiger partial charge in [-0.15, -0.1) is 11.8 Å². The summed E-state index contributed by atoms with van der Waals surface area (Å²) in [4.78, 5) is 12.0. The first-order chi connectivity index (χ1) is 11.1. The van der Waals surface area contributed by atoms with Crippen molar-refractivity contribution in [2.24, 2.45) is 0 Å². The third kappa shape index (κ3) is 5.98. The molecule has 0 aliphatic rings. The number of ether oxygens (including phenoxy) is 1. The maximum absolute atomic E-state index is 12.0. The molecular weight excluding hydrogens is 353 g/mol. The molecule has 0 radical (unpaired) electrons. The fourth-order valence-corrected chi connectivity index (χ4v) is 3.01. The normalized spacial score (nSPS) is 10.4. The van der Waals surface area contributed by atoms with E-state index in [0.717, 1.165) is 17.0 Å². The fourth-order valence-electron chi connectivity index (χ4n) is 1.92. The number of rotatable bonds is 7. The molecule has 23 heavy (non-hydrogen) atoms. The number of benzene rings is 2. The molecule has 0 unspecified atom stereocenters. The minimum atomic E-state index is -0.0521. The number of halogens is 2. The predicted octanol–water partition coefficient (Wildman–Crippen LogP) is 5.26. The number of hydrogen-bond donors (Lipinski definition) is 1. The average Bonchev–Trinajstić information content (AvgIpc) is 2.51. The Labute approximate surface area is 150 Å². The van der Waals surface area contributed by atoms with Crippen LogP contribution < -0.4 is 10.1 Å². The summed E-state index contributed by atoms with van der Waals surface area (Å²) >= 11 is 13.4.